The Kier molecular flexibility index (Phi) is 8.18. The molecule has 0 aliphatic carbocycles. The highest BCUT2D eigenvalue weighted by Crippen LogP contribution is 2.27. The molecule has 0 fully saturated rings. The maximum Gasteiger partial charge on any atom is 0.251 e. The number of halogens is 1. The third-order valence-electron chi connectivity index (χ3n) is 5.48. The second kappa shape index (κ2) is 11.1. The largest absolute Gasteiger partial charge is 0.496 e. The number of carbonyl (C=O) groups excluding carboxylic acids is 1. The summed E-state index contributed by atoms with van der Waals surface area (Å²) in [6.07, 6.45) is 0.797. The summed E-state index contributed by atoms with van der Waals surface area (Å²) in [6.45, 7) is 6.65. The van der Waals surface area contributed by atoms with E-state index in [1.807, 2.05) is 18.2 Å². The van der Waals surface area contributed by atoms with Gasteiger partial charge in [-0.3, -0.25) is 4.79 Å². The average molecular weight is 452 g/mol. The van der Waals surface area contributed by atoms with Gasteiger partial charge in [0.25, 0.3) is 5.91 Å². The fourth-order valence-electron chi connectivity index (χ4n) is 3.53. The van der Waals surface area contributed by atoms with Crippen molar-refractivity contribution in [2.24, 2.45) is 0 Å². The zero-order chi connectivity index (χ0) is 23.1. The van der Waals surface area contributed by atoms with E-state index in [9.17, 15) is 4.79 Å². The number of carbonyl (C=O) groups is 1. The van der Waals surface area contributed by atoms with Crippen LogP contribution in [0.5, 0.6) is 11.5 Å². The van der Waals surface area contributed by atoms with Crippen LogP contribution in [-0.2, 0) is 6.61 Å². The van der Waals surface area contributed by atoms with E-state index < -0.39 is 0 Å². The van der Waals surface area contributed by atoms with Crippen molar-refractivity contribution in [3.63, 3.8) is 0 Å². The van der Waals surface area contributed by atoms with Gasteiger partial charge < -0.3 is 14.8 Å². The number of hydrogen-bond donors (Lipinski definition) is 1. The second-order valence-electron chi connectivity index (χ2n) is 8.00. The number of benzene rings is 3. The van der Waals surface area contributed by atoms with E-state index in [0.29, 0.717) is 28.0 Å². The van der Waals surface area contributed by atoms with Crippen molar-refractivity contribution in [1.29, 1.82) is 0 Å². The lowest BCUT2D eigenvalue weighted by atomic mass is 9.98. The molecule has 4 nitrogen and oxygen atoms in total. The van der Waals surface area contributed by atoms with Crippen molar-refractivity contribution in [2.75, 3.05) is 7.11 Å². The van der Waals surface area contributed by atoms with E-state index in [4.69, 9.17) is 21.1 Å². The molecule has 0 radical (unpaired) electrons. The monoisotopic (exact) mass is 451 g/mol. The molecule has 1 N–H and O–H groups in total. The van der Waals surface area contributed by atoms with E-state index in [1.54, 1.807) is 31.4 Å². The quantitative estimate of drug-likeness (QED) is 0.383. The van der Waals surface area contributed by atoms with Crippen molar-refractivity contribution in [2.45, 2.75) is 45.8 Å². The van der Waals surface area contributed by atoms with Crippen molar-refractivity contribution >= 4 is 17.5 Å². The lowest BCUT2D eigenvalue weighted by molar-refractivity contribution is 0.0935. The molecule has 0 spiro atoms. The molecule has 168 valence electrons. The first kappa shape index (κ1) is 23.7. The molecule has 0 saturated heterocycles. The van der Waals surface area contributed by atoms with Crippen LogP contribution in [0.2, 0.25) is 5.02 Å². The summed E-state index contributed by atoms with van der Waals surface area (Å²) in [5.74, 6) is 1.59. The molecule has 5 heteroatoms. The van der Waals surface area contributed by atoms with Crippen molar-refractivity contribution in [3.05, 3.63) is 94.0 Å². The minimum atomic E-state index is -0.133. The van der Waals surface area contributed by atoms with E-state index >= 15 is 0 Å². The fourth-order valence-corrected chi connectivity index (χ4v) is 3.72. The van der Waals surface area contributed by atoms with E-state index in [-0.39, 0.29) is 18.6 Å². The molecule has 0 aromatic heterocycles. The van der Waals surface area contributed by atoms with Crippen LogP contribution < -0.4 is 14.8 Å². The van der Waals surface area contributed by atoms with Crippen LogP contribution >= 0.6 is 11.6 Å². The zero-order valence-corrected chi connectivity index (χ0v) is 19.8. The molecule has 0 unspecified atom stereocenters. The number of rotatable bonds is 9. The van der Waals surface area contributed by atoms with Crippen LogP contribution in [-0.4, -0.2) is 13.0 Å². The van der Waals surface area contributed by atoms with Gasteiger partial charge in [-0.05, 0) is 53.8 Å². The highest BCUT2D eigenvalue weighted by Gasteiger charge is 2.16. The summed E-state index contributed by atoms with van der Waals surface area (Å²) in [5.41, 5.74) is 3.71. The third-order valence-corrected chi connectivity index (χ3v) is 5.79. The second-order valence-corrected chi connectivity index (χ2v) is 8.41. The third kappa shape index (κ3) is 5.83. The topological polar surface area (TPSA) is 47.6 Å². The van der Waals surface area contributed by atoms with Gasteiger partial charge >= 0.3 is 0 Å². The van der Waals surface area contributed by atoms with Crippen molar-refractivity contribution in [1.82, 2.24) is 5.32 Å². The van der Waals surface area contributed by atoms with E-state index in [1.165, 1.54) is 5.56 Å². The van der Waals surface area contributed by atoms with Crippen LogP contribution in [0, 0.1) is 0 Å². The highest BCUT2D eigenvalue weighted by atomic mass is 35.5. The first-order valence-electron chi connectivity index (χ1n) is 10.9. The molecule has 1 atom stereocenters. The highest BCUT2D eigenvalue weighted by molar-refractivity contribution is 6.32. The molecule has 0 bridgehead atoms. The SMILES string of the molecule is CC[C@H](NC(=O)c1ccc(OC)c(COc2ccccc2Cl)c1)c1ccc(C(C)C)cc1. The van der Waals surface area contributed by atoms with Gasteiger partial charge in [-0.2, -0.15) is 0 Å². The van der Waals surface area contributed by atoms with E-state index in [2.05, 4.69) is 50.4 Å². The van der Waals surface area contributed by atoms with Gasteiger partial charge in [0.1, 0.15) is 18.1 Å². The molecule has 0 aliphatic rings. The van der Waals surface area contributed by atoms with Gasteiger partial charge in [0.05, 0.1) is 18.2 Å². The Labute approximate surface area is 195 Å². The number of methoxy groups -OCH3 is 1. The standard InChI is InChI=1S/C27H30ClNO3/c1-5-24(20-12-10-19(11-13-20)18(2)3)29-27(30)21-14-15-25(31-4)22(16-21)17-32-26-9-7-6-8-23(26)28/h6-16,18,24H,5,17H2,1-4H3,(H,29,30)/t24-/m0/s1. The fraction of sp³-hybridized carbons (Fsp3) is 0.296. The predicted octanol–water partition coefficient (Wildman–Crippen LogP) is 6.93. The number of amides is 1. The lowest BCUT2D eigenvalue weighted by Crippen LogP contribution is -2.28. The molecule has 3 aromatic carbocycles. The maximum atomic E-state index is 13.0. The molecular formula is C27H30ClNO3. The summed E-state index contributed by atoms with van der Waals surface area (Å²) < 4.78 is 11.3. The van der Waals surface area contributed by atoms with Crippen LogP contribution in [0.1, 0.15) is 66.2 Å². The van der Waals surface area contributed by atoms with Gasteiger partial charge in [0.2, 0.25) is 0 Å². The van der Waals surface area contributed by atoms with Crippen LogP contribution in [0.4, 0.5) is 0 Å². The predicted molar refractivity (Wildman–Crippen MR) is 130 cm³/mol. The van der Waals surface area contributed by atoms with Gasteiger partial charge in [0, 0.05) is 11.1 Å². The van der Waals surface area contributed by atoms with Crippen molar-refractivity contribution in [3.8, 4) is 11.5 Å². The summed E-state index contributed by atoms with van der Waals surface area (Å²) in [6, 6.07) is 21.1. The van der Waals surface area contributed by atoms with Gasteiger partial charge in [0.15, 0.2) is 0 Å². The molecule has 0 heterocycles. The summed E-state index contributed by atoms with van der Waals surface area (Å²) in [4.78, 5) is 13.0. The Balaban J connectivity index is 1.75. The Hall–Kier alpha value is -2.98. The first-order chi connectivity index (χ1) is 15.4. The Bertz CT molecular complexity index is 1050. The number of nitrogens with one attached hydrogen (secondary N) is 1. The maximum absolute atomic E-state index is 13.0. The smallest absolute Gasteiger partial charge is 0.251 e. The lowest BCUT2D eigenvalue weighted by Gasteiger charge is -2.19. The zero-order valence-electron chi connectivity index (χ0n) is 19.0. The number of ether oxygens (including phenoxy) is 2. The van der Waals surface area contributed by atoms with Gasteiger partial charge in [-0.25, -0.2) is 0 Å². The number of para-hydroxylation sites is 1. The Morgan fingerprint density at radius 1 is 0.969 bits per heavy atom. The average Bonchev–Trinajstić information content (AvgIpc) is 2.81. The van der Waals surface area contributed by atoms with Gasteiger partial charge in [-0.1, -0.05) is 68.8 Å². The molecule has 0 saturated carbocycles. The minimum absolute atomic E-state index is 0.0614. The van der Waals surface area contributed by atoms with Crippen LogP contribution in [0.15, 0.2) is 66.7 Å². The van der Waals surface area contributed by atoms with Crippen LogP contribution in [0.25, 0.3) is 0 Å². The Morgan fingerprint density at radius 3 is 2.28 bits per heavy atom. The molecule has 1 amide bonds. The number of hydrogen-bond acceptors (Lipinski definition) is 3. The normalized spacial score (nSPS) is 11.8. The first-order valence-corrected chi connectivity index (χ1v) is 11.3. The molecule has 3 rings (SSSR count). The van der Waals surface area contributed by atoms with Crippen molar-refractivity contribution < 1.29 is 14.3 Å². The van der Waals surface area contributed by atoms with Crippen LogP contribution in [0.3, 0.4) is 0 Å². The summed E-state index contributed by atoms with van der Waals surface area (Å²) in [5, 5.41) is 3.69. The molecule has 32 heavy (non-hydrogen) atoms. The molecule has 0 aliphatic heterocycles. The molecule has 3 aromatic rings. The summed E-state index contributed by atoms with van der Waals surface area (Å²) >= 11 is 6.18. The minimum Gasteiger partial charge on any atom is -0.496 e. The molecular weight excluding hydrogens is 422 g/mol. The van der Waals surface area contributed by atoms with E-state index in [0.717, 1.165) is 17.5 Å². The Morgan fingerprint density at radius 2 is 1.66 bits per heavy atom. The summed E-state index contributed by atoms with van der Waals surface area (Å²) in [7, 11) is 1.60. The van der Waals surface area contributed by atoms with Gasteiger partial charge in [-0.15, -0.1) is 0 Å².